The highest BCUT2D eigenvalue weighted by Gasteiger charge is 2.50. The van der Waals surface area contributed by atoms with Gasteiger partial charge in [0.25, 0.3) is 5.56 Å². The van der Waals surface area contributed by atoms with Gasteiger partial charge in [-0.3, -0.25) is 28.2 Å². The summed E-state index contributed by atoms with van der Waals surface area (Å²) in [5, 5.41) is 53.1. The van der Waals surface area contributed by atoms with Crippen LogP contribution < -0.4 is 16.6 Å². The van der Waals surface area contributed by atoms with Crippen molar-refractivity contribution < 1.29 is 86.3 Å². The van der Waals surface area contributed by atoms with Gasteiger partial charge in [-0.05, 0) is 0 Å². The van der Waals surface area contributed by atoms with Crippen LogP contribution in [0.2, 0.25) is 0 Å². The first-order chi connectivity index (χ1) is 22.6. The third kappa shape index (κ3) is 11.5. The van der Waals surface area contributed by atoms with Crippen molar-refractivity contribution in [2.24, 2.45) is 0 Å². The molecule has 1 amide bonds. The highest BCUT2D eigenvalue weighted by Crippen LogP contribution is 2.61. The minimum absolute atomic E-state index is 0.123. The van der Waals surface area contributed by atoms with Crippen LogP contribution in [-0.4, -0.2) is 153 Å². The van der Waals surface area contributed by atoms with Crippen LogP contribution in [0.3, 0.4) is 0 Å². The van der Waals surface area contributed by atoms with Crippen LogP contribution in [0, 0.1) is 0 Å². The third-order valence-electron chi connectivity index (χ3n) is 6.79. The Labute approximate surface area is 271 Å². The molecule has 2 aliphatic rings. The summed E-state index contributed by atoms with van der Waals surface area (Å²) < 4.78 is 65.4. The molecule has 0 bridgehead atoms. The summed E-state index contributed by atoms with van der Waals surface area (Å²) in [6.45, 7) is -1.06. The van der Waals surface area contributed by atoms with Crippen molar-refractivity contribution in [3.63, 3.8) is 0 Å². The summed E-state index contributed by atoms with van der Waals surface area (Å²) >= 11 is 0. The highest BCUT2D eigenvalue weighted by molar-refractivity contribution is 7.61. The number of aromatic nitrogens is 2. The van der Waals surface area contributed by atoms with E-state index in [2.05, 4.69) is 14.2 Å². The van der Waals surface area contributed by atoms with Crippen molar-refractivity contribution in [2.75, 3.05) is 53.4 Å². The quantitative estimate of drug-likeness (QED) is 0.0476. The average molecular weight is 740 g/mol. The van der Waals surface area contributed by atoms with Crippen LogP contribution in [0.25, 0.3) is 0 Å². The van der Waals surface area contributed by atoms with E-state index in [0.717, 1.165) is 16.8 Å². The van der Waals surface area contributed by atoms with E-state index in [4.69, 9.17) is 28.2 Å². The van der Waals surface area contributed by atoms with E-state index < -0.39 is 101 Å². The number of phosphoric acid groups is 2. The molecule has 48 heavy (non-hydrogen) atoms. The average Bonchev–Trinajstić information content (AvgIpc) is 3.29. The Balaban J connectivity index is 1.58. The zero-order valence-corrected chi connectivity index (χ0v) is 27.1. The van der Waals surface area contributed by atoms with Gasteiger partial charge in [0.1, 0.15) is 42.7 Å². The molecule has 276 valence electrons. The van der Waals surface area contributed by atoms with Crippen molar-refractivity contribution in [1.82, 2.24) is 14.9 Å². The molecule has 23 nitrogen and oxygen atoms in total. The fraction of sp³-hybridized carbons (Fsp3) is 0.783. The molecule has 2 fully saturated rings. The number of aromatic amines is 1. The second-order valence-corrected chi connectivity index (χ2v) is 13.2. The molecule has 1 aromatic heterocycles. The van der Waals surface area contributed by atoms with E-state index in [9.17, 15) is 58.8 Å². The fourth-order valence-electron chi connectivity index (χ4n) is 4.41. The van der Waals surface area contributed by atoms with Crippen LogP contribution in [-0.2, 0) is 51.0 Å². The summed E-state index contributed by atoms with van der Waals surface area (Å²) in [7, 11) is -9.79. The molecule has 0 aliphatic carbocycles. The number of nitrogens with zero attached hydrogens (tertiary/aromatic N) is 1. The standard InChI is InChI=1S/C23H39N3O20P2/c1-39-6-7-41-9-8-40-5-3-15(29)24-16-19(32)17(30)12(10-27)44-22(16)45-48(37,38)46-47(35,36)42-11-13-18(31)20(33)21(43-13)26-4-2-14(28)25-23(26)34/h2,4,12-13,16-22,27,30-33H,3,5-11H2,1H3,(H,24,29)(H,35,36)(H,37,38)(H,25,28,34)/t12?,13?,16?,17-,18?,19+,20?,21?,22-/m0/s1. The Morgan fingerprint density at radius 2 is 1.58 bits per heavy atom. The number of phosphoric ester groups is 2. The van der Waals surface area contributed by atoms with Crippen LogP contribution >= 0.6 is 15.6 Å². The highest BCUT2D eigenvalue weighted by atomic mass is 31.3. The van der Waals surface area contributed by atoms with Gasteiger partial charge in [-0.25, -0.2) is 13.9 Å². The number of H-pyrrole nitrogens is 1. The molecule has 2 saturated heterocycles. The summed E-state index contributed by atoms with van der Waals surface area (Å²) in [5.74, 6) is -0.809. The number of carbonyl (C=O) groups excluding carboxylic acids is 1. The maximum Gasteiger partial charge on any atom is 0.483 e. The smallest absolute Gasteiger partial charge is 0.394 e. The van der Waals surface area contributed by atoms with E-state index in [1.165, 1.54) is 7.11 Å². The van der Waals surface area contributed by atoms with Gasteiger partial charge in [0.2, 0.25) is 5.91 Å². The first-order valence-corrected chi connectivity index (χ1v) is 17.2. The van der Waals surface area contributed by atoms with E-state index in [0.29, 0.717) is 13.2 Å². The van der Waals surface area contributed by atoms with Crippen LogP contribution in [0.4, 0.5) is 0 Å². The molecular weight excluding hydrogens is 700 g/mol. The molecular formula is C23H39N3O20P2. The minimum Gasteiger partial charge on any atom is -0.394 e. The van der Waals surface area contributed by atoms with Crippen LogP contribution in [0.5, 0.6) is 0 Å². The Hall–Kier alpha value is -1.99. The molecule has 0 radical (unpaired) electrons. The first-order valence-electron chi connectivity index (χ1n) is 14.2. The predicted molar refractivity (Wildman–Crippen MR) is 153 cm³/mol. The number of aliphatic hydroxyl groups excluding tert-OH is 5. The largest absolute Gasteiger partial charge is 0.483 e. The maximum absolute atomic E-state index is 12.7. The number of hydrogen-bond donors (Lipinski definition) is 9. The van der Waals surface area contributed by atoms with Crippen molar-refractivity contribution in [3.05, 3.63) is 33.1 Å². The van der Waals surface area contributed by atoms with Crippen LogP contribution in [0.1, 0.15) is 12.6 Å². The van der Waals surface area contributed by atoms with Crippen molar-refractivity contribution in [1.29, 1.82) is 0 Å². The van der Waals surface area contributed by atoms with E-state index in [1.807, 2.05) is 4.98 Å². The van der Waals surface area contributed by atoms with Gasteiger partial charge < -0.3 is 64.3 Å². The predicted octanol–water partition coefficient (Wildman–Crippen LogP) is -4.60. The summed E-state index contributed by atoms with van der Waals surface area (Å²) in [4.78, 5) is 58.1. The van der Waals surface area contributed by atoms with Crippen molar-refractivity contribution in [3.8, 4) is 0 Å². The maximum atomic E-state index is 12.7. The van der Waals surface area contributed by atoms with Gasteiger partial charge in [-0.2, -0.15) is 4.31 Å². The van der Waals surface area contributed by atoms with E-state index in [-0.39, 0.29) is 26.2 Å². The number of nitrogens with one attached hydrogen (secondary N) is 2. The number of hydrogen-bond acceptors (Lipinski definition) is 18. The lowest BCUT2D eigenvalue weighted by molar-refractivity contribution is -0.248. The van der Waals surface area contributed by atoms with E-state index in [1.54, 1.807) is 0 Å². The lowest BCUT2D eigenvalue weighted by Crippen LogP contribution is -2.64. The third-order valence-corrected chi connectivity index (χ3v) is 9.39. The molecule has 0 aromatic carbocycles. The van der Waals surface area contributed by atoms with Crippen LogP contribution in [0.15, 0.2) is 21.9 Å². The molecule has 3 rings (SSSR count). The van der Waals surface area contributed by atoms with Gasteiger partial charge in [0.05, 0.1) is 46.2 Å². The molecule has 0 saturated carbocycles. The summed E-state index contributed by atoms with van der Waals surface area (Å²) in [5.41, 5.74) is -1.77. The number of carbonyl (C=O) groups is 1. The Kier molecular flexibility index (Phi) is 15.4. The SMILES string of the molecule is COCCOCCOCCC(=O)NC1[C@H](OP(=O)(O)OP(=O)(O)OCC2OC(n3ccc(=O)[nH]c3=O)C(O)C2O)OC(CO)[C@H](O)[C@@H]1O. The van der Waals surface area contributed by atoms with Gasteiger partial charge >= 0.3 is 21.3 Å². The van der Waals surface area contributed by atoms with E-state index >= 15 is 0 Å². The first kappa shape index (κ1) is 40.4. The summed E-state index contributed by atoms with van der Waals surface area (Å²) in [6, 6.07) is -0.859. The molecule has 1 aromatic rings. The lowest BCUT2D eigenvalue weighted by Gasteiger charge is -2.42. The van der Waals surface area contributed by atoms with Gasteiger partial charge in [-0.1, -0.05) is 0 Å². The monoisotopic (exact) mass is 739 g/mol. The molecule has 11 atom stereocenters. The zero-order chi connectivity index (χ0) is 35.6. The van der Waals surface area contributed by atoms with Crippen molar-refractivity contribution in [2.45, 2.75) is 61.6 Å². The van der Waals surface area contributed by atoms with Gasteiger partial charge in [-0.15, -0.1) is 0 Å². The second kappa shape index (κ2) is 18.3. The topological polar surface area (TPSA) is 334 Å². The van der Waals surface area contributed by atoms with Crippen molar-refractivity contribution >= 4 is 21.6 Å². The molecule has 9 N–H and O–H groups in total. The molecule has 0 spiro atoms. The Morgan fingerprint density at radius 1 is 0.938 bits per heavy atom. The minimum atomic E-state index is -5.72. The second-order valence-electron chi connectivity index (χ2n) is 10.3. The lowest BCUT2D eigenvalue weighted by atomic mass is 9.97. The number of aliphatic hydroxyl groups is 5. The molecule has 3 heterocycles. The normalized spacial score (nSPS) is 31.6. The Morgan fingerprint density at radius 3 is 2.23 bits per heavy atom. The molecule has 8 unspecified atom stereocenters. The number of amides is 1. The number of methoxy groups -OCH3 is 1. The Bertz CT molecular complexity index is 1390. The number of ether oxygens (including phenoxy) is 5. The zero-order valence-electron chi connectivity index (χ0n) is 25.3. The molecule has 25 heteroatoms. The number of rotatable bonds is 19. The van der Waals surface area contributed by atoms with Gasteiger partial charge in [0, 0.05) is 25.8 Å². The fourth-order valence-corrected chi connectivity index (χ4v) is 6.57. The van der Waals surface area contributed by atoms with Gasteiger partial charge in [0.15, 0.2) is 12.5 Å². The summed E-state index contributed by atoms with van der Waals surface area (Å²) in [6.07, 6.45) is -13.7. The molecule has 2 aliphatic heterocycles.